The lowest BCUT2D eigenvalue weighted by molar-refractivity contribution is -0.144. The molecule has 0 aliphatic rings. The third kappa shape index (κ3) is 2.59. The summed E-state index contributed by atoms with van der Waals surface area (Å²) >= 11 is 0. The second kappa shape index (κ2) is 5.28. The van der Waals surface area contributed by atoms with Crippen LogP contribution in [0.15, 0.2) is 36.7 Å². The summed E-state index contributed by atoms with van der Waals surface area (Å²) in [4.78, 5) is 11.0. The first-order valence-corrected chi connectivity index (χ1v) is 6.51. The number of benzene rings is 1. The van der Waals surface area contributed by atoms with E-state index in [2.05, 4.69) is 20.3 Å². The molecular formula is C14H12F3N5. The van der Waals surface area contributed by atoms with Crippen LogP contribution in [-0.4, -0.2) is 26.6 Å². The van der Waals surface area contributed by atoms with Gasteiger partial charge in [0.2, 0.25) is 5.82 Å². The fourth-order valence-electron chi connectivity index (χ4n) is 2.18. The lowest BCUT2D eigenvalue weighted by Gasteiger charge is -2.10. The van der Waals surface area contributed by atoms with E-state index < -0.39 is 12.0 Å². The van der Waals surface area contributed by atoms with E-state index >= 15 is 0 Å². The third-order valence-corrected chi connectivity index (χ3v) is 3.16. The fourth-order valence-corrected chi connectivity index (χ4v) is 2.18. The smallest absolute Gasteiger partial charge is 0.371 e. The normalized spacial score (nSPS) is 11.8. The highest BCUT2D eigenvalue weighted by atomic mass is 19.4. The molecule has 0 atom stereocenters. The maximum Gasteiger partial charge on any atom is 0.451 e. The highest BCUT2D eigenvalue weighted by Gasteiger charge is 2.36. The van der Waals surface area contributed by atoms with Gasteiger partial charge in [-0.25, -0.2) is 15.0 Å². The molecule has 2 aromatic heterocycles. The minimum Gasteiger partial charge on any atom is -0.371 e. The molecule has 0 aliphatic carbocycles. The van der Waals surface area contributed by atoms with E-state index in [4.69, 9.17) is 0 Å². The average molecular weight is 307 g/mol. The molecule has 5 nitrogen and oxygen atoms in total. The van der Waals surface area contributed by atoms with Gasteiger partial charge in [-0.3, -0.25) is 0 Å². The van der Waals surface area contributed by atoms with Crippen molar-refractivity contribution >= 4 is 17.0 Å². The van der Waals surface area contributed by atoms with Crippen LogP contribution in [0, 0.1) is 0 Å². The van der Waals surface area contributed by atoms with Crippen molar-refractivity contribution in [3.05, 3.63) is 48.0 Å². The Morgan fingerprint density at radius 3 is 2.50 bits per heavy atom. The van der Waals surface area contributed by atoms with E-state index in [1.165, 1.54) is 13.4 Å². The van der Waals surface area contributed by atoms with E-state index in [-0.39, 0.29) is 11.5 Å². The zero-order valence-electron chi connectivity index (χ0n) is 11.6. The monoisotopic (exact) mass is 307 g/mol. The van der Waals surface area contributed by atoms with E-state index in [9.17, 15) is 13.2 Å². The summed E-state index contributed by atoms with van der Waals surface area (Å²) in [5.74, 6) is -1.10. The number of alkyl halides is 3. The molecular weight excluding hydrogens is 295 g/mol. The first-order valence-electron chi connectivity index (χ1n) is 6.51. The van der Waals surface area contributed by atoms with Crippen molar-refractivity contribution in [3.63, 3.8) is 0 Å². The van der Waals surface area contributed by atoms with Crippen LogP contribution in [0.3, 0.4) is 0 Å². The van der Waals surface area contributed by atoms with Crippen molar-refractivity contribution in [1.29, 1.82) is 0 Å². The summed E-state index contributed by atoms with van der Waals surface area (Å²) in [7, 11) is 1.52. The molecule has 0 fully saturated rings. The maximum atomic E-state index is 12.8. The first-order chi connectivity index (χ1) is 10.5. The predicted octanol–water partition coefficient (Wildman–Crippen LogP) is 2.94. The lowest BCUT2D eigenvalue weighted by Crippen LogP contribution is -2.13. The highest BCUT2D eigenvalue weighted by Crippen LogP contribution is 2.30. The number of nitrogens with one attached hydrogen (secondary N) is 1. The van der Waals surface area contributed by atoms with Crippen LogP contribution in [-0.2, 0) is 12.7 Å². The van der Waals surface area contributed by atoms with Gasteiger partial charge in [-0.05, 0) is 5.56 Å². The Kier molecular flexibility index (Phi) is 3.44. The van der Waals surface area contributed by atoms with E-state index in [0.717, 1.165) is 5.56 Å². The van der Waals surface area contributed by atoms with Crippen molar-refractivity contribution in [1.82, 2.24) is 19.5 Å². The molecule has 22 heavy (non-hydrogen) atoms. The number of nitrogens with zero attached hydrogens (tertiary/aromatic N) is 4. The van der Waals surface area contributed by atoms with Crippen molar-refractivity contribution < 1.29 is 13.2 Å². The summed E-state index contributed by atoms with van der Waals surface area (Å²) in [5.41, 5.74) is 1.46. The third-order valence-electron chi connectivity index (χ3n) is 3.16. The molecule has 0 radical (unpaired) electrons. The standard InChI is InChI=1S/C14H12F3N5/c1-18-11-10-12(21-13(20-11)14(15,16)17)19-8-22(10)7-9-5-3-2-4-6-9/h2-6,8H,7H2,1H3,(H,18,20,21). The SMILES string of the molecule is CNc1nc(C(F)(F)F)nc2ncn(Cc3ccccc3)c12. The molecule has 0 unspecified atom stereocenters. The number of anilines is 1. The van der Waals surface area contributed by atoms with Crippen molar-refractivity contribution in [2.75, 3.05) is 12.4 Å². The van der Waals surface area contributed by atoms with Gasteiger partial charge in [-0.1, -0.05) is 30.3 Å². The molecule has 0 saturated carbocycles. The van der Waals surface area contributed by atoms with E-state index in [1.807, 2.05) is 30.3 Å². The van der Waals surface area contributed by atoms with Gasteiger partial charge in [0.25, 0.3) is 0 Å². The van der Waals surface area contributed by atoms with Crippen molar-refractivity contribution in [2.24, 2.45) is 0 Å². The lowest BCUT2D eigenvalue weighted by atomic mass is 10.2. The van der Waals surface area contributed by atoms with Gasteiger partial charge >= 0.3 is 6.18 Å². The van der Waals surface area contributed by atoms with E-state index in [0.29, 0.717) is 12.1 Å². The van der Waals surface area contributed by atoms with Gasteiger partial charge in [-0.15, -0.1) is 0 Å². The Balaban J connectivity index is 2.10. The number of aromatic nitrogens is 4. The zero-order valence-corrected chi connectivity index (χ0v) is 11.6. The summed E-state index contributed by atoms with van der Waals surface area (Å²) in [6, 6.07) is 9.54. The van der Waals surface area contributed by atoms with E-state index in [1.54, 1.807) is 4.57 Å². The van der Waals surface area contributed by atoms with Gasteiger partial charge in [0, 0.05) is 13.6 Å². The van der Waals surface area contributed by atoms with Crippen LogP contribution in [0.4, 0.5) is 19.0 Å². The van der Waals surface area contributed by atoms with Gasteiger partial charge in [-0.2, -0.15) is 13.2 Å². The largest absolute Gasteiger partial charge is 0.451 e. The Morgan fingerprint density at radius 2 is 1.86 bits per heavy atom. The second-order valence-corrected chi connectivity index (χ2v) is 4.67. The van der Waals surface area contributed by atoms with Gasteiger partial charge in [0.15, 0.2) is 11.5 Å². The Bertz CT molecular complexity index is 795. The summed E-state index contributed by atoms with van der Waals surface area (Å²) < 4.78 is 40.1. The minimum atomic E-state index is -4.61. The predicted molar refractivity (Wildman–Crippen MR) is 75.4 cm³/mol. The van der Waals surface area contributed by atoms with Crippen LogP contribution in [0.5, 0.6) is 0 Å². The molecule has 2 heterocycles. The summed E-state index contributed by atoms with van der Waals surface area (Å²) in [6.45, 7) is 0.473. The van der Waals surface area contributed by atoms with Crippen LogP contribution >= 0.6 is 0 Å². The topological polar surface area (TPSA) is 55.6 Å². The molecule has 3 aromatic rings. The van der Waals surface area contributed by atoms with Gasteiger partial charge < -0.3 is 9.88 Å². The summed E-state index contributed by atoms with van der Waals surface area (Å²) in [6.07, 6.45) is -3.14. The molecule has 0 bridgehead atoms. The van der Waals surface area contributed by atoms with Crippen molar-refractivity contribution in [2.45, 2.75) is 12.7 Å². The molecule has 0 aliphatic heterocycles. The van der Waals surface area contributed by atoms with Crippen LogP contribution in [0.25, 0.3) is 11.2 Å². The number of imidazole rings is 1. The second-order valence-electron chi connectivity index (χ2n) is 4.67. The van der Waals surface area contributed by atoms with Crippen molar-refractivity contribution in [3.8, 4) is 0 Å². The molecule has 3 rings (SSSR count). The molecule has 114 valence electrons. The maximum absolute atomic E-state index is 12.8. The number of hydrogen-bond donors (Lipinski definition) is 1. The highest BCUT2D eigenvalue weighted by molar-refractivity contribution is 5.83. The number of rotatable bonds is 3. The molecule has 8 heteroatoms. The molecule has 0 saturated heterocycles. The van der Waals surface area contributed by atoms with Gasteiger partial charge in [0.05, 0.1) is 6.33 Å². The fraction of sp³-hybridized carbons (Fsp3) is 0.214. The zero-order chi connectivity index (χ0) is 15.7. The minimum absolute atomic E-state index is 0.0163. The Hall–Kier alpha value is -2.64. The number of hydrogen-bond acceptors (Lipinski definition) is 4. The average Bonchev–Trinajstić information content (AvgIpc) is 2.90. The Labute approximate surface area is 123 Å². The van der Waals surface area contributed by atoms with Gasteiger partial charge in [0.1, 0.15) is 5.52 Å². The molecule has 1 aromatic carbocycles. The summed E-state index contributed by atoms with van der Waals surface area (Å²) in [5, 5.41) is 2.68. The molecule has 0 spiro atoms. The quantitative estimate of drug-likeness (QED) is 0.808. The molecule has 1 N–H and O–H groups in total. The first kappa shape index (κ1) is 14.3. The number of halogens is 3. The number of fused-ring (bicyclic) bond motifs is 1. The molecule has 0 amide bonds. The van der Waals surface area contributed by atoms with Crippen LogP contribution in [0.2, 0.25) is 0 Å². The van der Waals surface area contributed by atoms with Crippen LogP contribution in [0.1, 0.15) is 11.4 Å². The Morgan fingerprint density at radius 1 is 1.14 bits per heavy atom. The van der Waals surface area contributed by atoms with Crippen LogP contribution < -0.4 is 5.32 Å².